The van der Waals surface area contributed by atoms with Crippen molar-refractivity contribution in [1.29, 1.82) is 0 Å². The molecule has 1 unspecified atom stereocenters. The van der Waals surface area contributed by atoms with E-state index in [0.29, 0.717) is 50.4 Å². The number of hydrogen-bond acceptors (Lipinski definition) is 5. The number of aromatic nitrogens is 2. The average molecular weight is 356 g/mol. The molecular weight excluding hydrogens is 332 g/mol. The number of nitrogens with zero attached hydrogens (tertiary/aromatic N) is 2. The highest BCUT2D eigenvalue weighted by molar-refractivity contribution is 5.77. The third kappa shape index (κ3) is 5.15. The number of carbonyl (C=O) groups is 2. The maximum atomic E-state index is 12.1. The highest BCUT2D eigenvalue weighted by Gasteiger charge is 2.17. The summed E-state index contributed by atoms with van der Waals surface area (Å²) < 4.78 is 5.28. The fourth-order valence-electron chi connectivity index (χ4n) is 3.03. The largest absolute Gasteiger partial charge is 0.356 e. The quantitative estimate of drug-likeness (QED) is 0.827. The van der Waals surface area contributed by atoms with Crippen molar-refractivity contribution in [2.24, 2.45) is 0 Å². The molecule has 0 radical (unpaired) electrons. The van der Waals surface area contributed by atoms with Crippen LogP contribution in [0.3, 0.4) is 0 Å². The van der Waals surface area contributed by atoms with E-state index in [1.54, 1.807) is 0 Å². The number of rotatable bonds is 6. The van der Waals surface area contributed by atoms with Crippen LogP contribution in [0, 0.1) is 6.92 Å². The van der Waals surface area contributed by atoms with Crippen LogP contribution in [-0.4, -0.2) is 34.5 Å². The van der Waals surface area contributed by atoms with Crippen LogP contribution >= 0.6 is 0 Å². The standard InChI is InChI=1S/C19H24N4O3/c1-13-4-2-5-14(12-13)19-22-18(26-23-19)7-3-6-17(25)21-15-8-9-16(24)20-11-10-15/h2,4-5,12,15H,3,6-11H2,1H3,(H,20,24)(H,21,25). The summed E-state index contributed by atoms with van der Waals surface area (Å²) in [5, 5.41) is 9.83. The van der Waals surface area contributed by atoms with Crippen molar-refractivity contribution in [1.82, 2.24) is 20.8 Å². The SMILES string of the molecule is Cc1cccc(-c2noc(CCCC(=O)NC3CCNC(=O)CC3)n2)c1. The molecular formula is C19H24N4O3. The molecule has 1 aromatic heterocycles. The van der Waals surface area contributed by atoms with E-state index in [1.165, 1.54) is 0 Å². The molecule has 2 heterocycles. The minimum Gasteiger partial charge on any atom is -0.356 e. The van der Waals surface area contributed by atoms with Gasteiger partial charge in [0.2, 0.25) is 23.5 Å². The third-order valence-electron chi connectivity index (χ3n) is 4.44. The summed E-state index contributed by atoms with van der Waals surface area (Å²) in [5.74, 6) is 1.17. The van der Waals surface area contributed by atoms with Gasteiger partial charge in [0.15, 0.2) is 0 Å². The topological polar surface area (TPSA) is 97.1 Å². The first-order valence-corrected chi connectivity index (χ1v) is 9.06. The number of aryl methyl sites for hydroxylation is 2. The first-order chi connectivity index (χ1) is 12.6. The predicted octanol–water partition coefficient (Wildman–Crippen LogP) is 2.15. The van der Waals surface area contributed by atoms with Gasteiger partial charge in [-0.05, 0) is 32.3 Å². The molecule has 2 aromatic rings. The maximum Gasteiger partial charge on any atom is 0.226 e. The lowest BCUT2D eigenvalue weighted by atomic mass is 10.1. The molecule has 7 heteroatoms. The Hall–Kier alpha value is -2.70. The summed E-state index contributed by atoms with van der Waals surface area (Å²) in [6.07, 6.45) is 3.55. The number of hydrogen-bond donors (Lipinski definition) is 2. The lowest BCUT2D eigenvalue weighted by Crippen LogP contribution is -2.35. The van der Waals surface area contributed by atoms with Gasteiger partial charge < -0.3 is 15.2 Å². The molecule has 138 valence electrons. The molecule has 1 aromatic carbocycles. The van der Waals surface area contributed by atoms with Crippen LogP contribution < -0.4 is 10.6 Å². The molecule has 0 spiro atoms. The van der Waals surface area contributed by atoms with E-state index in [0.717, 1.165) is 17.5 Å². The lowest BCUT2D eigenvalue weighted by Gasteiger charge is -2.15. The summed E-state index contributed by atoms with van der Waals surface area (Å²) in [6, 6.07) is 8.00. The number of nitrogens with one attached hydrogen (secondary N) is 2. The van der Waals surface area contributed by atoms with Crippen molar-refractivity contribution >= 4 is 11.8 Å². The van der Waals surface area contributed by atoms with Gasteiger partial charge in [0, 0.05) is 37.4 Å². The summed E-state index contributed by atoms with van der Waals surface area (Å²) >= 11 is 0. The molecule has 2 N–H and O–H groups in total. The molecule has 1 fully saturated rings. The monoisotopic (exact) mass is 356 g/mol. The first kappa shape index (κ1) is 18.1. The van der Waals surface area contributed by atoms with Gasteiger partial charge in [-0.3, -0.25) is 9.59 Å². The zero-order valence-corrected chi connectivity index (χ0v) is 15.0. The first-order valence-electron chi connectivity index (χ1n) is 9.06. The Labute approximate surface area is 152 Å². The lowest BCUT2D eigenvalue weighted by molar-refractivity contribution is -0.123. The van der Waals surface area contributed by atoms with Crippen LogP contribution in [0.15, 0.2) is 28.8 Å². The van der Waals surface area contributed by atoms with E-state index in [4.69, 9.17) is 4.52 Å². The van der Waals surface area contributed by atoms with Gasteiger partial charge in [0.25, 0.3) is 0 Å². The van der Waals surface area contributed by atoms with Gasteiger partial charge in [-0.2, -0.15) is 4.98 Å². The molecule has 2 amide bonds. The van der Waals surface area contributed by atoms with Crippen molar-refractivity contribution in [2.75, 3.05) is 6.54 Å². The highest BCUT2D eigenvalue weighted by atomic mass is 16.5. The van der Waals surface area contributed by atoms with Crippen LogP contribution in [0.25, 0.3) is 11.4 Å². The molecule has 0 bridgehead atoms. The summed E-state index contributed by atoms with van der Waals surface area (Å²) in [7, 11) is 0. The molecule has 1 saturated heterocycles. The van der Waals surface area contributed by atoms with E-state index in [2.05, 4.69) is 20.8 Å². The second-order valence-electron chi connectivity index (χ2n) is 6.68. The molecule has 0 saturated carbocycles. The van der Waals surface area contributed by atoms with Crippen molar-refractivity contribution in [3.05, 3.63) is 35.7 Å². The smallest absolute Gasteiger partial charge is 0.226 e. The van der Waals surface area contributed by atoms with E-state index in [-0.39, 0.29) is 17.9 Å². The van der Waals surface area contributed by atoms with Gasteiger partial charge >= 0.3 is 0 Å². The number of benzene rings is 1. The zero-order valence-electron chi connectivity index (χ0n) is 15.0. The molecule has 0 aliphatic carbocycles. The number of amides is 2. The fraction of sp³-hybridized carbons (Fsp3) is 0.474. The number of carbonyl (C=O) groups excluding carboxylic acids is 2. The fourth-order valence-corrected chi connectivity index (χ4v) is 3.03. The van der Waals surface area contributed by atoms with Gasteiger partial charge in [-0.25, -0.2) is 0 Å². The molecule has 1 atom stereocenters. The second-order valence-corrected chi connectivity index (χ2v) is 6.68. The zero-order chi connectivity index (χ0) is 18.4. The maximum absolute atomic E-state index is 12.1. The average Bonchev–Trinajstić information content (AvgIpc) is 2.99. The molecule has 7 nitrogen and oxygen atoms in total. The van der Waals surface area contributed by atoms with Crippen molar-refractivity contribution in [3.63, 3.8) is 0 Å². The van der Waals surface area contributed by atoms with Gasteiger partial charge in [0.05, 0.1) is 0 Å². The minimum atomic E-state index is 0.00257. The third-order valence-corrected chi connectivity index (χ3v) is 4.44. The van der Waals surface area contributed by atoms with Crippen molar-refractivity contribution < 1.29 is 14.1 Å². The Morgan fingerprint density at radius 3 is 3.12 bits per heavy atom. The Bertz CT molecular complexity index is 772. The Balaban J connectivity index is 1.43. The molecule has 1 aliphatic rings. The van der Waals surface area contributed by atoms with Crippen LogP contribution in [0.1, 0.15) is 43.6 Å². The second kappa shape index (κ2) is 8.60. The Morgan fingerprint density at radius 2 is 2.27 bits per heavy atom. The van der Waals surface area contributed by atoms with E-state index >= 15 is 0 Å². The summed E-state index contributed by atoms with van der Waals surface area (Å²) in [5.41, 5.74) is 2.06. The van der Waals surface area contributed by atoms with Gasteiger partial charge in [-0.15, -0.1) is 0 Å². The minimum absolute atomic E-state index is 0.00257. The summed E-state index contributed by atoms with van der Waals surface area (Å²) in [4.78, 5) is 27.8. The van der Waals surface area contributed by atoms with Gasteiger partial charge in [-0.1, -0.05) is 28.9 Å². The summed E-state index contributed by atoms with van der Waals surface area (Å²) in [6.45, 7) is 2.64. The molecule has 1 aliphatic heterocycles. The molecule has 3 rings (SSSR count). The Kier molecular flexibility index (Phi) is 5.99. The van der Waals surface area contributed by atoms with Crippen LogP contribution in [0.5, 0.6) is 0 Å². The normalized spacial score (nSPS) is 17.4. The van der Waals surface area contributed by atoms with E-state index in [1.807, 2.05) is 31.2 Å². The van der Waals surface area contributed by atoms with E-state index in [9.17, 15) is 9.59 Å². The van der Waals surface area contributed by atoms with Crippen LogP contribution in [-0.2, 0) is 16.0 Å². The van der Waals surface area contributed by atoms with E-state index < -0.39 is 0 Å². The predicted molar refractivity (Wildman–Crippen MR) is 96.2 cm³/mol. The van der Waals surface area contributed by atoms with Crippen molar-refractivity contribution in [3.8, 4) is 11.4 Å². The van der Waals surface area contributed by atoms with Crippen LogP contribution in [0.4, 0.5) is 0 Å². The van der Waals surface area contributed by atoms with Crippen molar-refractivity contribution in [2.45, 2.75) is 51.5 Å². The van der Waals surface area contributed by atoms with Gasteiger partial charge in [0.1, 0.15) is 0 Å². The Morgan fingerprint density at radius 1 is 1.38 bits per heavy atom. The van der Waals surface area contributed by atoms with Crippen LogP contribution in [0.2, 0.25) is 0 Å². The highest BCUT2D eigenvalue weighted by Crippen LogP contribution is 2.17. The molecule has 26 heavy (non-hydrogen) atoms.